The molecule has 1 N–H and O–H groups in total. The number of hydrogen-bond donors (Lipinski definition) is 1. The largest absolute Gasteiger partial charge is 0.490 e. The molecular formula is C46H68N2O7S. The van der Waals surface area contributed by atoms with Crippen molar-refractivity contribution < 1.29 is 32.2 Å². The number of ether oxygens (including phenoxy) is 4. The van der Waals surface area contributed by atoms with E-state index in [2.05, 4.69) is 30.7 Å². The van der Waals surface area contributed by atoms with Crippen LogP contribution in [0.4, 0.5) is 0 Å². The van der Waals surface area contributed by atoms with Crippen molar-refractivity contribution in [1.29, 1.82) is 0 Å². The van der Waals surface area contributed by atoms with Gasteiger partial charge in [-0.3, -0.25) is 0 Å². The maximum atomic E-state index is 13.5. The second kappa shape index (κ2) is 26.7. The molecule has 0 bridgehead atoms. The van der Waals surface area contributed by atoms with E-state index in [1.807, 2.05) is 19.1 Å². The lowest BCUT2D eigenvalue weighted by Crippen LogP contribution is -2.21. The Morgan fingerprint density at radius 2 is 1.00 bits per heavy atom. The number of nitrogens with one attached hydrogen (secondary N) is 1. The number of aryl methyl sites for hydroxylation is 1. The van der Waals surface area contributed by atoms with E-state index in [4.69, 9.17) is 18.9 Å². The maximum Gasteiger partial charge on any atom is 0.337 e. The number of hydrogen-bond acceptors (Lipinski definition) is 8. The highest BCUT2D eigenvalue weighted by atomic mass is 32.2. The molecule has 310 valence electrons. The number of benzene rings is 3. The molecule has 0 aliphatic rings. The fourth-order valence-corrected chi connectivity index (χ4v) is 7.12. The Labute approximate surface area is 338 Å². The van der Waals surface area contributed by atoms with Gasteiger partial charge in [0.05, 0.1) is 43.1 Å². The fraction of sp³-hybridized carbons (Fsp3) is 0.565. The van der Waals surface area contributed by atoms with Crippen molar-refractivity contribution in [1.82, 2.24) is 4.83 Å². The average molecular weight is 793 g/mol. The van der Waals surface area contributed by atoms with Crippen LogP contribution in [-0.4, -0.2) is 47.0 Å². The highest BCUT2D eigenvalue weighted by Crippen LogP contribution is 2.40. The highest BCUT2D eigenvalue weighted by Gasteiger charge is 2.21. The second-order valence-electron chi connectivity index (χ2n) is 14.6. The molecule has 0 saturated carbocycles. The normalized spacial score (nSPS) is 11.7. The summed E-state index contributed by atoms with van der Waals surface area (Å²) in [5, 5.41) is 4.54. The van der Waals surface area contributed by atoms with Crippen molar-refractivity contribution in [2.45, 2.75) is 148 Å². The van der Waals surface area contributed by atoms with Gasteiger partial charge in [-0.15, -0.1) is 0 Å². The van der Waals surface area contributed by atoms with Crippen molar-refractivity contribution in [2.75, 3.05) is 26.9 Å². The zero-order chi connectivity index (χ0) is 40.4. The molecule has 10 heteroatoms. The number of rotatable bonds is 30. The van der Waals surface area contributed by atoms with Crippen LogP contribution in [0.1, 0.15) is 163 Å². The number of sulfonamides is 1. The van der Waals surface area contributed by atoms with Crippen molar-refractivity contribution in [3.63, 3.8) is 0 Å². The number of methoxy groups -OCH3 is 1. The van der Waals surface area contributed by atoms with Crippen LogP contribution in [0.25, 0.3) is 0 Å². The maximum absolute atomic E-state index is 13.5. The number of carbonyl (C=O) groups is 1. The van der Waals surface area contributed by atoms with Crippen molar-refractivity contribution in [3.8, 4) is 17.2 Å². The minimum Gasteiger partial charge on any atom is -0.490 e. The van der Waals surface area contributed by atoms with E-state index in [9.17, 15) is 13.2 Å². The smallest absolute Gasteiger partial charge is 0.337 e. The van der Waals surface area contributed by atoms with E-state index in [1.54, 1.807) is 48.5 Å². The van der Waals surface area contributed by atoms with Gasteiger partial charge >= 0.3 is 5.97 Å². The molecular weight excluding hydrogens is 725 g/mol. The molecule has 0 amide bonds. The number of unbranched alkanes of at least 4 members (excludes halogenated alkanes) is 15. The first kappa shape index (κ1) is 46.3. The minimum atomic E-state index is -4.02. The Balaban J connectivity index is 2.07. The van der Waals surface area contributed by atoms with Crippen LogP contribution in [-0.2, 0) is 14.8 Å². The van der Waals surface area contributed by atoms with Gasteiger partial charge in [0, 0.05) is 11.1 Å². The summed E-state index contributed by atoms with van der Waals surface area (Å²) in [7, 11) is -2.69. The van der Waals surface area contributed by atoms with Crippen LogP contribution in [0, 0.1) is 6.92 Å². The summed E-state index contributed by atoms with van der Waals surface area (Å²) in [5.41, 5.74) is 2.78. The quantitative estimate of drug-likeness (QED) is 0.0309. The predicted octanol–water partition coefficient (Wildman–Crippen LogP) is 11.7. The van der Waals surface area contributed by atoms with Crippen LogP contribution in [0.5, 0.6) is 17.2 Å². The Morgan fingerprint density at radius 1 is 0.571 bits per heavy atom. The first-order valence-electron chi connectivity index (χ1n) is 21.2. The minimum absolute atomic E-state index is 0.0941. The second-order valence-corrected chi connectivity index (χ2v) is 16.2. The number of esters is 1. The van der Waals surface area contributed by atoms with E-state index in [0.29, 0.717) is 59.5 Å². The third-order valence-corrected chi connectivity index (χ3v) is 11.0. The van der Waals surface area contributed by atoms with Crippen molar-refractivity contribution in [2.24, 2.45) is 5.10 Å². The van der Waals surface area contributed by atoms with E-state index in [-0.39, 0.29) is 4.90 Å². The summed E-state index contributed by atoms with van der Waals surface area (Å²) in [6.45, 7) is 10.1. The molecule has 0 radical (unpaired) electrons. The van der Waals surface area contributed by atoms with Crippen LogP contribution in [0.3, 0.4) is 0 Å². The molecule has 3 aromatic rings. The van der Waals surface area contributed by atoms with Crippen LogP contribution >= 0.6 is 0 Å². The summed E-state index contributed by atoms with van der Waals surface area (Å²) in [5.74, 6) is 1.14. The third kappa shape index (κ3) is 16.6. The monoisotopic (exact) mass is 792 g/mol. The molecule has 0 aliphatic carbocycles. The molecule has 3 rings (SSSR count). The Morgan fingerprint density at radius 3 is 1.46 bits per heavy atom. The number of nitrogens with zero attached hydrogens (tertiary/aromatic N) is 1. The summed E-state index contributed by atoms with van der Waals surface area (Å²) >= 11 is 0. The van der Waals surface area contributed by atoms with Gasteiger partial charge in [-0.2, -0.15) is 18.4 Å². The highest BCUT2D eigenvalue weighted by molar-refractivity contribution is 7.89. The molecule has 0 saturated heterocycles. The van der Waals surface area contributed by atoms with E-state index >= 15 is 0 Å². The Bertz CT molecular complexity index is 1650. The number of hydrazone groups is 1. The average Bonchev–Trinajstić information content (AvgIpc) is 3.20. The standard InChI is InChI=1S/C46H68N2O7S/c1-6-9-12-15-18-21-32-53-42-35-40(36-43(54-33-22-19-16-13-10-7-2)45(42)55-34-23-20-17-14-11-8-3)44(38-26-28-39(29-27-38)46(49)52-5)47-48-56(50,51)41-30-24-37(4)25-31-41/h24-31,35-36,48H,6-23,32-34H2,1-5H3/b47-44+. The van der Waals surface area contributed by atoms with E-state index < -0.39 is 16.0 Å². The lowest BCUT2D eigenvalue weighted by molar-refractivity contribution is 0.0600. The SMILES string of the molecule is CCCCCCCCOc1cc(/C(=N/NS(=O)(=O)c2ccc(C)cc2)c2ccc(C(=O)OC)cc2)cc(OCCCCCCCC)c1OCCCCCCCC. The number of carbonyl (C=O) groups excluding carboxylic acids is 1. The van der Waals surface area contributed by atoms with Crippen molar-refractivity contribution in [3.05, 3.63) is 82.9 Å². The van der Waals surface area contributed by atoms with Gasteiger partial charge < -0.3 is 18.9 Å². The van der Waals surface area contributed by atoms with Gasteiger partial charge in [-0.25, -0.2) is 4.79 Å². The van der Waals surface area contributed by atoms with Crippen LogP contribution in [0.2, 0.25) is 0 Å². The topological polar surface area (TPSA) is 113 Å². The van der Waals surface area contributed by atoms with E-state index in [0.717, 1.165) is 56.9 Å². The molecule has 0 aromatic heterocycles. The zero-order valence-electron chi connectivity index (χ0n) is 34.8. The first-order valence-corrected chi connectivity index (χ1v) is 22.6. The van der Waals surface area contributed by atoms with E-state index in [1.165, 1.54) is 71.3 Å². The molecule has 0 atom stereocenters. The summed E-state index contributed by atoms with van der Waals surface area (Å²) in [6, 6.07) is 17.0. The summed E-state index contributed by atoms with van der Waals surface area (Å²) < 4.78 is 51.5. The van der Waals surface area contributed by atoms with Crippen molar-refractivity contribution >= 4 is 21.7 Å². The Kier molecular flexibility index (Phi) is 22.1. The molecule has 3 aromatic carbocycles. The van der Waals surface area contributed by atoms with Crippen LogP contribution < -0.4 is 19.0 Å². The molecule has 0 unspecified atom stereocenters. The van der Waals surface area contributed by atoms with Gasteiger partial charge in [0.25, 0.3) is 10.0 Å². The Hall–Kier alpha value is -4.05. The molecule has 0 spiro atoms. The molecule has 0 aliphatic heterocycles. The summed E-state index contributed by atoms with van der Waals surface area (Å²) in [4.78, 5) is 14.9. The van der Waals surface area contributed by atoms with Gasteiger partial charge in [-0.05, 0) is 62.6 Å². The fourth-order valence-electron chi connectivity index (χ4n) is 6.31. The van der Waals surface area contributed by atoms with Gasteiger partial charge in [0.2, 0.25) is 5.75 Å². The van der Waals surface area contributed by atoms with Gasteiger partial charge in [0.1, 0.15) is 0 Å². The molecule has 0 heterocycles. The lowest BCUT2D eigenvalue weighted by Gasteiger charge is -2.20. The first-order chi connectivity index (χ1) is 27.2. The molecule has 9 nitrogen and oxygen atoms in total. The van der Waals surface area contributed by atoms with Gasteiger partial charge in [-0.1, -0.05) is 147 Å². The third-order valence-electron chi connectivity index (χ3n) is 9.74. The van der Waals surface area contributed by atoms with Gasteiger partial charge in [0.15, 0.2) is 11.5 Å². The molecule has 0 fully saturated rings. The summed E-state index contributed by atoms with van der Waals surface area (Å²) in [6.07, 6.45) is 20.3. The predicted molar refractivity (Wildman–Crippen MR) is 228 cm³/mol. The lowest BCUT2D eigenvalue weighted by atomic mass is 10.00. The zero-order valence-corrected chi connectivity index (χ0v) is 35.7. The van der Waals surface area contributed by atoms with Crippen LogP contribution in [0.15, 0.2) is 70.7 Å². The molecule has 56 heavy (non-hydrogen) atoms.